The Hall–Kier alpha value is -7.88. The second-order valence-corrected chi connectivity index (χ2v) is 14.9. The molecule has 2 aromatic heterocycles. The molecule has 3 heteroatoms. The van der Waals surface area contributed by atoms with Gasteiger partial charge in [0.2, 0.25) is 0 Å². The van der Waals surface area contributed by atoms with Crippen LogP contribution in [-0.4, -0.2) is 14.5 Å². The maximum atomic E-state index is 5.25. The fourth-order valence-corrected chi connectivity index (χ4v) is 8.68. The number of para-hydroxylation sites is 2. The van der Waals surface area contributed by atoms with Crippen LogP contribution in [0.15, 0.2) is 224 Å². The third kappa shape index (κ3) is 6.17. The first-order valence-electron chi connectivity index (χ1n) is 20.1. The van der Waals surface area contributed by atoms with Crippen molar-refractivity contribution in [1.29, 1.82) is 0 Å². The van der Waals surface area contributed by atoms with E-state index in [1.54, 1.807) is 0 Å². The van der Waals surface area contributed by atoms with E-state index >= 15 is 0 Å². The molecule has 0 spiro atoms. The third-order valence-corrected chi connectivity index (χ3v) is 11.4. The molecule has 0 saturated carbocycles. The molecule has 0 fully saturated rings. The summed E-state index contributed by atoms with van der Waals surface area (Å²) in [6.45, 7) is 0. The first-order valence-corrected chi connectivity index (χ1v) is 20.1. The number of rotatable bonds is 7. The first-order chi connectivity index (χ1) is 29.3. The van der Waals surface area contributed by atoms with Gasteiger partial charge in [-0.15, -0.1) is 0 Å². The van der Waals surface area contributed by atoms with Gasteiger partial charge in [-0.2, -0.15) is 0 Å². The number of fused-ring (bicyclic) bond motifs is 4. The molecule has 0 atom stereocenters. The Bertz CT molecular complexity index is 3310. The van der Waals surface area contributed by atoms with Crippen molar-refractivity contribution in [3.63, 3.8) is 0 Å². The molecule has 0 bridgehead atoms. The van der Waals surface area contributed by atoms with Crippen molar-refractivity contribution in [2.75, 3.05) is 0 Å². The van der Waals surface area contributed by atoms with Crippen LogP contribution < -0.4 is 0 Å². The van der Waals surface area contributed by atoms with Crippen molar-refractivity contribution in [2.45, 2.75) is 0 Å². The SMILES string of the molecule is c1ccc(-c2cccc(-c3cc(-c4ccc(-c5cccc(-c6cccc7c6c6ccccc6n7-c6ccccc6)c5)c5ccccc45)nc(-c4ccccc4)n3)c2)cc1. The molecule has 0 aliphatic carbocycles. The maximum Gasteiger partial charge on any atom is 0.160 e. The summed E-state index contributed by atoms with van der Waals surface area (Å²) in [5.41, 5.74) is 15.5. The fourth-order valence-electron chi connectivity index (χ4n) is 8.68. The zero-order valence-corrected chi connectivity index (χ0v) is 32.2. The molecule has 0 saturated heterocycles. The van der Waals surface area contributed by atoms with E-state index in [9.17, 15) is 0 Å². The predicted octanol–water partition coefficient (Wildman–Crippen LogP) is 14.7. The molecule has 2 heterocycles. The molecule has 9 aromatic carbocycles. The molecular weight excluding hydrogens is 715 g/mol. The van der Waals surface area contributed by atoms with Gasteiger partial charge in [0.05, 0.1) is 22.4 Å². The summed E-state index contributed by atoms with van der Waals surface area (Å²) in [6, 6.07) is 79.9. The van der Waals surface area contributed by atoms with E-state index in [0.29, 0.717) is 5.82 Å². The van der Waals surface area contributed by atoms with Crippen molar-refractivity contribution in [1.82, 2.24) is 14.5 Å². The van der Waals surface area contributed by atoms with Crippen molar-refractivity contribution < 1.29 is 0 Å². The molecule has 0 radical (unpaired) electrons. The van der Waals surface area contributed by atoms with E-state index in [-0.39, 0.29) is 0 Å². The molecule has 0 aliphatic rings. The summed E-state index contributed by atoms with van der Waals surface area (Å²) in [4.78, 5) is 10.4. The van der Waals surface area contributed by atoms with Crippen LogP contribution in [0.1, 0.15) is 0 Å². The molecule has 0 amide bonds. The molecule has 276 valence electrons. The maximum absolute atomic E-state index is 5.25. The number of nitrogens with zero attached hydrogens (tertiary/aromatic N) is 3. The van der Waals surface area contributed by atoms with Gasteiger partial charge in [-0.25, -0.2) is 9.97 Å². The van der Waals surface area contributed by atoms with Crippen LogP contribution in [0.4, 0.5) is 0 Å². The van der Waals surface area contributed by atoms with Crippen LogP contribution in [-0.2, 0) is 0 Å². The molecule has 11 rings (SSSR count). The van der Waals surface area contributed by atoms with Gasteiger partial charge in [0.25, 0.3) is 0 Å². The van der Waals surface area contributed by atoms with Gasteiger partial charge in [-0.05, 0) is 86.6 Å². The largest absolute Gasteiger partial charge is 0.309 e. The Morgan fingerprint density at radius 1 is 0.288 bits per heavy atom. The van der Waals surface area contributed by atoms with Gasteiger partial charge in [-0.3, -0.25) is 0 Å². The Balaban J connectivity index is 1.05. The average Bonchev–Trinajstić information content (AvgIpc) is 3.67. The van der Waals surface area contributed by atoms with E-state index in [2.05, 4.69) is 211 Å². The lowest BCUT2D eigenvalue weighted by Gasteiger charge is -2.15. The smallest absolute Gasteiger partial charge is 0.160 e. The number of hydrogen-bond acceptors (Lipinski definition) is 2. The van der Waals surface area contributed by atoms with Gasteiger partial charge >= 0.3 is 0 Å². The van der Waals surface area contributed by atoms with E-state index in [1.807, 2.05) is 18.2 Å². The van der Waals surface area contributed by atoms with E-state index in [0.717, 1.165) is 44.7 Å². The lowest BCUT2D eigenvalue weighted by atomic mass is 9.91. The highest BCUT2D eigenvalue weighted by atomic mass is 15.0. The standard InChI is InChI=1S/C56H37N3/c1-4-17-38(18-5-1)40-21-14-24-43(35-40)51-37-52(58-56(57-51)39-19-6-2-7-20-39)49-34-33-45(47-27-10-11-28-48(47)49)41-22-15-23-42(36-41)46-30-16-32-54-55(46)50-29-12-13-31-53(50)59(54)44-25-8-3-9-26-44/h1-37H. The number of hydrogen-bond donors (Lipinski definition) is 0. The van der Waals surface area contributed by atoms with Crippen LogP contribution >= 0.6 is 0 Å². The predicted molar refractivity (Wildman–Crippen MR) is 246 cm³/mol. The Morgan fingerprint density at radius 2 is 0.797 bits per heavy atom. The monoisotopic (exact) mass is 751 g/mol. The second-order valence-electron chi connectivity index (χ2n) is 14.9. The van der Waals surface area contributed by atoms with Crippen LogP contribution in [0.5, 0.6) is 0 Å². The van der Waals surface area contributed by atoms with Crippen LogP contribution in [0.25, 0.3) is 106 Å². The zero-order valence-electron chi connectivity index (χ0n) is 32.2. The first kappa shape index (κ1) is 34.4. The second kappa shape index (κ2) is 14.6. The van der Waals surface area contributed by atoms with Crippen LogP contribution in [0, 0.1) is 0 Å². The van der Waals surface area contributed by atoms with Crippen molar-refractivity contribution in [3.05, 3.63) is 224 Å². The number of aromatic nitrogens is 3. The highest BCUT2D eigenvalue weighted by Gasteiger charge is 2.18. The van der Waals surface area contributed by atoms with Gasteiger partial charge < -0.3 is 4.57 Å². The van der Waals surface area contributed by atoms with Crippen LogP contribution in [0.3, 0.4) is 0 Å². The molecule has 0 aliphatic heterocycles. The summed E-state index contributed by atoms with van der Waals surface area (Å²) < 4.78 is 2.38. The lowest BCUT2D eigenvalue weighted by Crippen LogP contribution is -1.97. The summed E-state index contributed by atoms with van der Waals surface area (Å²) in [7, 11) is 0. The van der Waals surface area contributed by atoms with E-state index in [1.165, 1.54) is 55.0 Å². The van der Waals surface area contributed by atoms with Gasteiger partial charge in [0, 0.05) is 33.2 Å². The minimum atomic E-state index is 0.701. The molecule has 3 nitrogen and oxygen atoms in total. The Labute approximate surface area is 343 Å². The van der Waals surface area contributed by atoms with Crippen molar-refractivity contribution in [3.8, 4) is 73.0 Å². The molecule has 0 unspecified atom stereocenters. The normalized spacial score (nSPS) is 11.4. The fraction of sp³-hybridized carbons (Fsp3) is 0. The summed E-state index contributed by atoms with van der Waals surface area (Å²) in [5.74, 6) is 0.701. The molecule has 0 N–H and O–H groups in total. The average molecular weight is 752 g/mol. The minimum Gasteiger partial charge on any atom is -0.309 e. The third-order valence-electron chi connectivity index (χ3n) is 11.4. The highest BCUT2D eigenvalue weighted by Crippen LogP contribution is 2.41. The lowest BCUT2D eigenvalue weighted by molar-refractivity contribution is 1.18. The quantitative estimate of drug-likeness (QED) is 0.162. The van der Waals surface area contributed by atoms with E-state index < -0.39 is 0 Å². The van der Waals surface area contributed by atoms with Crippen LogP contribution in [0.2, 0.25) is 0 Å². The van der Waals surface area contributed by atoms with Gasteiger partial charge in [0.15, 0.2) is 5.82 Å². The summed E-state index contributed by atoms with van der Waals surface area (Å²) in [6.07, 6.45) is 0. The summed E-state index contributed by atoms with van der Waals surface area (Å²) in [5, 5.41) is 4.82. The topological polar surface area (TPSA) is 30.7 Å². The molecule has 11 aromatic rings. The van der Waals surface area contributed by atoms with Gasteiger partial charge in [-0.1, -0.05) is 182 Å². The zero-order chi connectivity index (χ0) is 39.1. The molecular formula is C56H37N3. The highest BCUT2D eigenvalue weighted by molar-refractivity contribution is 6.16. The Morgan fingerprint density at radius 3 is 1.56 bits per heavy atom. The van der Waals surface area contributed by atoms with Crippen molar-refractivity contribution >= 4 is 32.6 Å². The van der Waals surface area contributed by atoms with Gasteiger partial charge in [0.1, 0.15) is 0 Å². The van der Waals surface area contributed by atoms with E-state index in [4.69, 9.17) is 9.97 Å². The molecule has 59 heavy (non-hydrogen) atoms. The van der Waals surface area contributed by atoms with Crippen molar-refractivity contribution in [2.24, 2.45) is 0 Å². The minimum absolute atomic E-state index is 0.701. The number of benzene rings is 9. The Kier molecular flexibility index (Phi) is 8.49. The summed E-state index contributed by atoms with van der Waals surface area (Å²) >= 11 is 0.